The minimum atomic E-state index is -4.71. The number of halogens is 3. The van der Waals surface area contributed by atoms with Gasteiger partial charge in [-0.15, -0.1) is 24.9 Å². The average molecular weight is 318 g/mol. The van der Waals surface area contributed by atoms with Gasteiger partial charge in [0.15, 0.2) is 0 Å². The Labute approximate surface area is 124 Å². The molecule has 1 amide bonds. The fourth-order valence-electron chi connectivity index (χ4n) is 1.43. The first-order valence-electron chi connectivity index (χ1n) is 5.93. The molecule has 0 aromatic heterocycles. The number of amides is 1. The number of hydrogen-bond acceptors (Lipinski definition) is 4. The van der Waals surface area contributed by atoms with E-state index in [0.29, 0.717) is 0 Å². The highest BCUT2D eigenvalue weighted by molar-refractivity contribution is 8.00. The maximum absolute atomic E-state index is 12.0. The molecule has 0 heterocycles. The van der Waals surface area contributed by atoms with Crippen LogP contribution in [0.5, 0.6) is 5.75 Å². The van der Waals surface area contributed by atoms with Crippen molar-refractivity contribution in [3.8, 4) is 11.8 Å². The van der Waals surface area contributed by atoms with Crippen molar-refractivity contribution in [1.29, 1.82) is 5.26 Å². The van der Waals surface area contributed by atoms with Crippen molar-refractivity contribution in [3.63, 3.8) is 0 Å². The van der Waals surface area contributed by atoms with Gasteiger partial charge >= 0.3 is 6.36 Å². The van der Waals surface area contributed by atoms with E-state index in [4.69, 9.17) is 5.26 Å². The van der Waals surface area contributed by atoms with E-state index in [2.05, 4.69) is 10.1 Å². The first kappa shape index (κ1) is 17.2. The van der Waals surface area contributed by atoms with E-state index in [1.807, 2.05) is 6.92 Å². The smallest absolute Gasteiger partial charge is 0.406 e. The molecule has 1 unspecified atom stereocenters. The van der Waals surface area contributed by atoms with Gasteiger partial charge in [0.1, 0.15) is 12.3 Å². The van der Waals surface area contributed by atoms with Gasteiger partial charge in [0.05, 0.1) is 11.8 Å². The van der Waals surface area contributed by atoms with E-state index in [1.54, 1.807) is 6.07 Å². The predicted octanol–water partition coefficient (Wildman–Crippen LogP) is 3.02. The molecule has 1 aromatic carbocycles. The van der Waals surface area contributed by atoms with E-state index in [9.17, 15) is 18.0 Å². The zero-order valence-corrected chi connectivity index (χ0v) is 11.9. The highest BCUT2D eigenvalue weighted by Crippen LogP contribution is 2.30. The Morgan fingerprint density at radius 3 is 2.57 bits per heavy atom. The number of nitrogens with zero attached hydrogens (tertiary/aromatic N) is 1. The van der Waals surface area contributed by atoms with E-state index in [1.165, 1.54) is 36.0 Å². The normalized spacial score (nSPS) is 12.3. The van der Waals surface area contributed by atoms with Crippen LogP contribution < -0.4 is 10.1 Å². The number of thioether (sulfide) groups is 1. The van der Waals surface area contributed by atoms with Gasteiger partial charge in [-0.1, -0.05) is 12.1 Å². The van der Waals surface area contributed by atoms with Crippen LogP contribution in [0.15, 0.2) is 24.3 Å². The van der Waals surface area contributed by atoms with Gasteiger partial charge in [0.2, 0.25) is 5.91 Å². The van der Waals surface area contributed by atoms with Crippen molar-refractivity contribution in [2.75, 3.05) is 12.3 Å². The molecule has 1 aromatic rings. The summed E-state index contributed by atoms with van der Waals surface area (Å²) < 4.78 is 39.8. The molecule has 0 radical (unpaired) electrons. The topological polar surface area (TPSA) is 62.1 Å². The van der Waals surface area contributed by atoms with E-state index < -0.39 is 6.36 Å². The molecule has 1 rings (SSSR count). The fourth-order valence-corrected chi connectivity index (χ4v) is 2.28. The number of carbonyl (C=O) groups excluding carboxylic acids is 1. The number of alkyl halides is 3. The maximum Gasteiger partial charge on any atom is 0.573 e. The molecule has 0 aliphatic heterocycles. The zero-order valence-electron chi connectivity index (χ0n) is 11.1. The standard InChI is InChI=1S/C13H13F3N2O2S/c1-9(21-8-12(19)18-7-6-17)10-2-4-11(5-3-10)20-13(14,15)16/h2-5,9H,7-8H2,1H3,(H,18,19). The predicted molar refractivity (Wildman–Crippen MR) is 72.6 cm³/mol. The molecular formula is C13H13F3N2O2S. The first-order chi connectivity index (χ1) is 9.81. The lowest BCUT2D eigenvalue weighted by Gasteiger charge is -2.13. The molecule has 0 saturated carbocycles. The summed E-state index contributed by atoms with van der Waals surface area (Å²) in [4.78, 5) is 11.3. The van der Waals surface area contributed by atoms with Crippen LogP contribution in [0.4, 0.5) is 13.2 Å². The van der Waals surface area contributed by atoms with Crippen molar-refractivity contribution >= 4 is 17.7 Å². The van der Waals surface area contributed by atoms with Crippen LogP contribution in [0.3, 0.4) is 0 Å². The third-order valence-corrected chi connectivity index (χ3v) is 3.61. The van der Waals surface area contributed by atoms with Crippen molar-refractivity contribution in [3.05, 3.63) is 29.8 Å². The molecule has 0 spiro atoms. The summed E-state index contributed by atoms with van der Waals surface area (Å²) in [5, 5.41) is 10.7. The minimum absolute atomic E-state index is 0.0444. The summed E-state index contributed by atoms with van der Waals surface area (Å²) in [5.74, 6) is -0.371. The van der Waals surface area contributed by atoms with Crippen LogP contribution in [-0.2, 0) is 4.79 Å². The monoisotopic (exact) mass is 318 g/mol. The molecule has 8 heteroatoms. The highest BCUT2D eigenvalue weighted by Gasteiger charge is 2.31. The second kappa shape index (κ2) is 7.78. The number of nitriles is 1. The van der Waals surface area contributed by atoms with Crippen molar-refractivity contribution in [1.82, 2.24) is 5.32 Å². The van der Waals surface area contributed by atoms with Gasteiger partial charge < -0.3 is 10.1 Å². The summed E-state index contributed by atoms with van der Waals surface area (Å²) in [6.45, 7) is 1.79. The largest absolute Gasteiger partial charge is 0.573 e. The number of carbonyl (C=O) groups is 1. The van der Waals surface area contributed by atoms with Gasteiger partial charge in [0, 0.05) is 5.25 Å². The van der Waals surface area contributed by atoms with Gasteiger partial charge in [-0.2, -0.15) is 5.26 Å². The van der Waals surface area contributed by atoms with Crippen molar-refractivity contribution in [2.24, 2.45) is 0 Å². The molecule has 0 aliphatic rings. The van der Waals surface area contributed by atoms with Crippen LogP contribution in [0.2, 0.25) is 0 Å². The molecule has 21 heavy (non-hydrogen) atoms. The van der Waals surface area contributed by atoms with Gasteiger partial charge in [-0.25, -0.2) is 0 Å². The first-order valence-corrected chi connectivity index (χ1v) is 6.97. The van der Waals surface area contributed by atoms with Crippen molar-refractivity contribution in [2.45, 2.75) is 18.5 Å². The Hall–Kier alpha value is -1.88. The molecular weight excluding hydrogens is 305 g/mol. The number of hydrogen-bond donors (Lipinski definition) is 1. The second-order valence-corrected chi connectivity index (χ2v) is 5.33. The molecule has 0 aliphatic carbocycles. The van der Waals surface area contributed by atoms with Gasteiger partial charge in [0.25, 0.3) is 0 Å². The van der Waals surface area contributed by atoms with Crippen LogP contribution in [0.1, 0.15) is 17.7 Å². The van der Waals surface area contributed by atoms with Crippen LogP contribution >= 0.6 is 11.8 Å². The third kappa shape index (κ3) is 6.90. The molecule has 4 nitrogen and oxygen atoms in total. The quantitative estimate of drug-likeness (QED) is 0.819. The lowest BCUT2D eigenvalue weighted by Crippen LogP contribution is -2.25. The molecule has 1 atom stereocenters. The SMILES string of the molecule is CC(SCC(=O)NCC#N)c1ccc(OC(F)(F)F)cc1. The van der Waals surface area contributed by atoms with Crippen molar-refractivity contribution < 1.29 is 22.7 Å². The summed E-state index contributed by atoms with van der Waals surface area (Å²) in [6.07, 6.45) is -4.71. The summed E-state index contributed by atoms with van der Waals surface area (Å²) in [5.41, 5.74) is 0.780. The zero-order chi connectivity index (χ0) is 15.9. The number of benzene rings is 1. The summed E-state index contributed by atoms with van der Waals surface area (Å²) in [7, 11) is 0. The van der Waals surface area contributed by atoms with Crippen LogP contribution in [0.25, 0.3) is 0 Å². The minimum Gasteiger partial charge on any atom is -0.406 e. The van der Waals surface area contributed by atoms with E-state index in [-0.39, 0.29) is 29.2 Å². The Bertz CT molecular complexity index is 512. The van der Waals surface area contributed by atoms with E-state index >= 15 is 0 Å². The Kier molecular flexibility index (Phi) is 6.37. The molecule has 1 N–H and O–H groups in total. The second-order valence-electron chi connectivity index (χ2n) is 4.00. The number of rotatable bonds is 6. The van der Waals surface area contributed by atoms with Crippen LogP contribution in [-0.4, -0.2) is 24.6 Å². The van der Waals surface area contributed by atoms with Gasteiger partial charge in [-0.05, 0) is 24.6 Å². The molecule has 0 saturated heterocycles. The Balaban J connectivity index is 2.50. The lowest BCUT2D eigenvalue weighted by molar-refractivity contribution is -0.274. The fraction of sp³-hybridized carbons (Fsp3) is 0.385. The van der Waals surface area contributed by atoms with Gasteiger partial charge in [-0.3, -0.25) is 4.79 Å². The number of nitrogens with one attached hydrogen (secondary N) is 1. The summed E-state index contributed by atoms with van der Waals surface area (Å²) >= 11 is 1.32. The molecule has 114 valence electrons. The average Bonchev–Trinajstić information content (AvgIpc) is 2.41. The molecule has 0 fully saturated rings. The lowest BCUT2D eigenvalue weighted by atomic mass is 10.2. The molecule has 0 bridgehead atoms. The van der Waals surface area contributed by atoms with E-state index in [0.717, 1.165) is 5.56 Å². The Morgan fingerprint density at radius 1 is 1.43 bits per heavy atom. The third-order valence-electron chi connectivity index (χ3n) is 2.41. The highest BCUT2D eigenvalue weighted by atomic mass is 32.2. The Morgan fingerprint density at radius 2 is 2.05 bits per heavy atom. The summed E-state index contributed by atoms with van der Waals surface area (Å²) in [6, 6.07) is 7.30. The number of ether oxygens (including phenoxy) is 1. The van der Waals surface area contributed by atoms with Crippen LogP contribution in [0, 0.1) is 11.3 Å². The maximum atomic E-state index is 12.0.